The van der Waals surface area contributed by atoms with Gasteiger partial charge in [0.15, 0.2) is 0 Å². The van der Waals surface area contributed by atoms with E-state index in [1.807, 2.05) is 25.1 Å². The zero-order valence-electron chi connectivity index (χ0n) is 20.5. The Hall–Kier alpha value is -4.70. The van der Waals surface area contributed by atoms with Crippen LogP contribution in [0.3, 0.4) is 0 Å². The Labute approximate surface area is 221 Å². The van der Waals surface area contributed by atoms with Gasteiger partial charge in [0.05, 0.1) is 30.4 Å². The first-order chi connectivity index (χ1) is 18.4. The van der Waals surface area contributed by atoms with Gasteiger partial charge < -0.3 is 15.1 Å². The van der Waals surface area contributed by atoms with E-state index >= 15 is 0 Å². The number of nitrogens with one attached hydrogen (secondary N) is 2. The van der Waals surface area contributed by atoms with Crippen molar-refractivity contribution in [2.45, 2.75) is 26.4 Å². The van der Waals surface area contributed by atoms with Crippen LogP contribution in [0.5, 0.6) is 0 Å². The average molecular weight is 529 g/mol. The van der Waals surface area contributed by atoms with Gasteiger partial charge in [0, 0.05) is 5.69 Å². The first kappa shape index (κ1) is 25.0. The predicted molar refractivity (Wildman–Crippen MR) is 146 cm³/mol. The van der Waals surface area contributed by atoms with Crippen LogP contribution in [-0.4, -0.2) is 20.9 Å². The number of carbonyl (C=O) groups is 2. The third-order valence-corrected chi connectivity index (χ3v) is 6.97. The van der Waals surface area contributed by atoms with Gasteiger partial charge in [-0.2, -0.15) is 0 Å². The van der Waals surface area contributed by atoms with Crippen LogP contribution in [0.4, 0.5) is 5.69 Å². The lowest BCUT2D eigenvalue weighted by Crippen LogP contribution is -2.40. The van der Waals surface area contributed by atoms with Crippen molar-refractivity contribution >= 4 is 39.1 Å². The second-order valence-electron chi connectivity index (χ2n) is 8.71. The highest BCUT2D eigenvalue weighted by Crippen LogP contribution is 2.18. The van der Waals surface area contributed by atoms with Crippen molar-refractivity contribution in [2.24, 2.45) is 0 Å². The molecular weight excluding hydrogens is 504 g/mol. The molecule has 0 aliphatic carbocycles. The third-order valence-electron chi connectivity index (χ3n) is 6.07. The van der Waals surface area contributed by atoms with Crippen LogP contribution in [0.2, 0.25) is 0 Å². The Morgan fingerprint density at radius 1 is 0.947 bits per heavy atom. The number of aromatic nitrogens is 2. The van der Waals surface area contributed by atoms with E-state index in [1.54, 1.807) is 60.2 Å². The fraction of sp³-hybridized carbons (Fsp3) is 0.143. The largest absolute Gasteiger partial charge is 0.467 e. The lowest BCUT2D eigenvalue weighted by atomic mass is 10.1. The van der Waals surface area contributed by atoms with Crippen molar-refractivity contribution in [1.82, 2.24) is 14.5 Å². The maximum atomic E-state index is 13.5. The van der Waals surface area contributed by atoms with Crippen LogP contribution in [0.15, 0.2) is 92.4 Å². The van der Waals surface area contributed by atoms with E-state index in [1.165, 1.54) is 15.9 Å². The van der Waals surface area contributed by atoms with Crippen LogP contribution in [0.25, 0.3) is 15.9 Å². The predicted octanol–water partition coefficient (Wildman–Crippen LogP) is 3.61. The lowest BCUT2D eigenvalue weighted by Gasteiger charge is -2.13. The summed E-state index contributed by atoms with van der Waals surface area (Å²) in [4.78, 5) is 51.9. The number of para-hydroxylation sites is 1. The third kappa shape index (κ3) is 5.21. The molecule has 2 N–H and O–H groups in total. The molecule has 0 radical (unpaired) electrons. The van der Waals surface area contributed by atoms with Gasteiger partial charge in [-0.05, 0) is 59.8 Å². The molecule has 9 nitrogen and oxygen atoms in total. The van der Waals surface area contributed by atoms with Crippen molar-refractivity contribution in [1.29, 1.82) is 0 Å². The molecule has 0 bridgehead atoms. The number of fused-ring (bicyclic) bond motifs is 1. The number of nitrogens with zero attached hydrogens (tertiary/aromatic N) is 2. The van der Waals surface area contributed by atoms with Crippen molar-refractivity contribution in [3.05, 3.63) is 116 Å². The molecule has 5 rings (SSSR count). The van der Waals surface area contributed by atoms with Crippen LogP contribution in [0.1, 0.15) is 16.9 Å². The topological polar surface area (TPSA) is 115 Å². The maximum Gasteiger partial charge on any atom is 0.336 e. The van der Waals surface area contributed by atoms with Crippen LogP contribution >= 0.6 is 11.3 Å². The zero-order valence-corrected chi connectivity index (χ0v) is 21.3. The Kier molecular flexibility index (Phi) is 7.05. The van der Waals surface area contributed by atoms with Gasteiger partial charge in [-0.1, -0.05) is 30.3 Å². The minimum absolute atomic E-state index is 0.128. The Balaban J connectivity index is 1.39. The summed E-state index contributed by atoms with van der Waals surface area (Å²) in [5, 5.41) is 7.34. The molecular formula is C28H24N4O5S. The normalized spacial score (nSPS) is 11.0. The average Bonchev–Trinajstić information content (AvgIpc) is 3.61. The smallest absolute Gasteiger partial charge is 0.336 e. The van der Waals surface area contributed by atoms with Crippen LogP contribution in [-0.2, 0) is 29.1 Å². The molecule has 10 heteroatoms. The first-order valence-electron chi connectivity index (χ1n) is 11.9. The molecule has 5 aromatic rings. The van der Waals surface area contributed by atoms with Gasteiger partial charge in [0.2, 0.25) is 11.8 Å². The second-order valence-corrected chi connectivity index (χ2v) is 9.62. The molecule has 0 fully saturated rings. The van der Waals surface area contributed by atoms with Gasteiger partial charge >= 0.3 is 5.69 Å². The number of furan rings is 1. The summed E-state index contributed by atoms with van der Waals surface area (Å²) in [6.07, 6.45) is 1.67. The minimum atomic E-state index is -0.621. The molecule has 3 heterocycles. The van der Waals surface area contributed by atoms with Crippen molar-refractivity contribution in [3.8, 4) is 5.69 Å². The molecule has 0 aliphatic heterocycles. The summed E-state index contributed by atoms with van der Waals surface area (Å²) in [5.74, 6) is 0.0873. The second kappa shape index (κ2) is 10.7. The van der Waals surface area contributed by atoms with E-state index in [0.29, 0.717) is 32.9 Å². The van der Waals surface area contributed by atoms with Gasteiger partial charge in [-0.25, -0.2) is 9.36 Å². The maximum absolute atomic E-state index is 13.5. The quantitative estimate of drug-likeness (QED) is 0.319. The van der Waals surface area contributed by atoms with Gasteiger partial charge in [-0.3, -0.25) is 19.0 Å². The van der Waals surface area contributed by atoms with Gasteiger partial charge in [0.1, 0.15) is 17.0 Å². The van der Waals surface area contributed by atoms with Crippen LogP contribution < -0.4 is 21.9 Å². The number of rotatable bonds is 8. The molecule has 0 spiro atoms. The lowest BCUT2D eigenvalue weighted by molar-refractivity contribution is -0.120. The highest BCUT2D eigenvalue weighted by atomic mass is 32.1. The van der Waals surface area contributed by atoms with E-state index in [9.17, 15) is 19.2 Å². The summed E-state index contributed by atoms with van der Waals surface area (Å²) >= 11 is 1.21. The molecule has 0 saturated heterocycles. The Bertz CT molecular complexity index is 1730. The van der Waals surface area contributed by atoms with Crippen molar-refractivity contribution < 1.29 is 14.0 Å². The molecule has 2 amide bonds. The monoisotopic (exact) mass is 528 g/mol. The number of anilines is 1. The summed E-state index contributed by atoms with van der Waals surface area (Å²) in [6, 6.07) is 19.2. The van der Waals surface area contributed by atoms with E-state index in [2.05, 4.69) is 10.6 Å². The minimum Gasteiger partial charge on any atom is -0.467 e. The highest BCUT2D eigenvalue weighted by Gasteiger charge is 2.18. The fourth-order valence-corrected chi connectivity index (χ4v) is 4.95. The Morgan fingerprint density at radius 3 is 2.47 bits per heavy atom. The number of hydrogen-bond donors (Lipinski definition) is 2. The van der Waals surface area contributed by atoms with Crippen LogP contribution in [0, 0.1) is 6.92 Å². The highest BCUT2D eigenvalue weighted by molar-refractivity contribution is 7.17. The van der Waals surface area contributed by atoms with Crippen molar-refractivity contribution in [2.75, 3.05) is 5.32 Å². The van der Waals surface area contributed by atoms with E-state index < -0.39 is 11.2 Å². The Morgan fingerprint density at radius 2 is 1.74 bits per heavy atom. The summed E-state index contributed by atoms with van der Waals surface area (Å²) < 4.78 is 7.94. The first-order valence-corrected chi connectivity index (χ1v) is 12.8. The van der Waals surface area contributed by atoms with Crippen molar-refractivity contribution in [3.63, 3.8) is 0 Å². The molecule has 0 atom stereocenters. The number of thiophene rings is 1. The fourth-order valence-electron chi connectivity index (χ4n) is 4.12. The molecule has 0 aliphatic rings. The molecule has 3 aromatic heterocycles. The summed E-state index contributed by atoms with van der Waals surface area (Å²) in [5.41, 5.74) is 1.95. The molecule has 2 aromatic carbocycles. The van der Waals surface area contributed by atoms with E-state index in [4.69, 9.17) is 4.42 Å². The van der Waals surface area contributed by atoms with Gasteiger partial charge in [0.25, 0.3) is 5.56 Å². The van der Waals surface area contributed by atoms with E-state index in [0.717, 1.165) is 10.1 Å². The molecule has 38 heavy (non-hydrogen) atoms. The number of hydrogen-bond acceptors (Lipinski definition) is 6. The number of benzene rings is 2. The molecule has 192 valence electrons. The summed E-state index contributed by atoms with van der Waals surface area (Å²) in [6.45, 7) is 1.91. The zero-order chi connectivity index (χ0) is 26.6. The standard InChI is InChI=1S/C28H24N4O5S/c1-18-5-2-3-7-22(18)30-25(34)17-31-23-12-14-38-26(23)27(35)32(28(31)36)20-10-8-19(9-11-20)15-24(33)29-16-21-6-4-13-37-21/h2-14H,15-17H2,1H3,(H,29,33)(H,30,34). The van der Waals surface area contributed by atoms with Gasteiger partial charge in [-0.15, -0.1) is 11.3 Å². The number of carbonyl (C=O) groups excluding carboxylic acids is 2. The summed E-state index contributed by atoms with van der Waals surface area (Å²) in [7, 11) is 0. The SMILES string of the molecule is Cc1ccccc1NC(=O)Cn1c(=O)n(-c2ccc(CC(=O)NCc3ccco3)cc2)c(=O)c2sccc21. The number of amides is 2. The molecule has 0 unspecified atom stereocenters. The molecule has 0 saturated carbocycles. The number of aryl methyl sites for hydroxylation is 1. The van der Waals surface area contributed by atoms with E-state index in [-0.39, 0.29) is 31.3 Å².